The maximum Gasteiger partial charge on any atom is 0.326 e. The number of aliphatic carboxylic acids is 2. The van der Waals surface area contributed by atoms with Crippen LogP contribution in [-0.2, 0) is 28.8 Å². The Morgan fingerprint density at radius 2 is 1.61 bits per heavy atom. The van der Waals surface area contributed by atoms with Gasteiger partial charge in [0.25, 0.3) is 0 Å². The van der Waals surface area contributed by atoms with E-state index in [1.54, 1.807) is 0 Å². The third-order valence-corrected chi connectivity index (χ3v) is 5.43. The summed E-state index contributed by atoms with van der Waals surface area (Å²) in [5, 5.41) is 22.9. The molecule has 0 aromatic carbocycles. The molecular weight excluding hydrogens is 480 g/mol. The van der Waals surface area contributed by atoms with Crippen molar-refractivity contribution in [3.63, 3.8) is 0 Å². The second-order valence-electron chi connectivity index (χ2n) is 8.31. The number of guanidine groups is 1. The van der Waals surface area contributed by atoms with Gasteiger partial charge in [-0.05, 0) is 32.1 Å². The zero-order valence-electron chi connectivity index (χ0n) is 19.7. The Bertz CT molecular complexity index is 876. The number of nitrogens with zero attached hydrogens (tertiary/aromatic N) is 2. The van der Waals surface area contributed by atoms with Crippen LogP contribution in [0.15, 0.2) is 4.99 Å². The summed E-state index contributed by atoms with van der Waals surface area (Å²) in [7, 11) is 0. The first-order chi connectivity index (χ1) is 16.8. The van der Waals surface area contributed by atoms with Crippen molar-refractivity contribution < 1.29 is 39.0 Å². The Labute approximate surface area is 206 Å². The summed E-state index contributed by atoms with van der Waals surface area (Å²) in [5.74, 6) is -5.92. The average Bonchev–Trinajstić information content (AvgIpc) is 3.28. The molecule has 0 aromatic rings. The topological polar surface area (TPSA) is 287 Å². The van der Waals surface area contributed by atoms with Crippen molar-refractivity contribution in [1.29, 1.82) is 0 Å². The Kier molecular flexibility index (Phi) is 12.1. The summed E-state index contributed by atoms with van der Waals surface area (Å²) in [6, 6.07) is -5.04. The molecule has 1 fully saturated rings. The predicted molar refractivity (Wildman–Crippen MR) is 125 cm³/mol. The molecule has 0 spiro atoms. The third-order valence-electron chi connectivity index (χ3n) is 5.43. The Morgan fingerprint density at radius 1 is 0.972 bits per heavy atom. The summed E-state index contributed by atoms with van der Waals surface area (Å²) in [6.07, 6.45) is -0.279. The molecule has 0 aliphatic carbocycles. The van der Waals surface area contributed by atoms with E-state index in [4.69, 9.17) is 28.0 Å². The third kappa shape index (κ3) is 10.1. The lowest BCUT2D eigenvalue weighted by molar-refractivity contribution is -0.149. The van der Waals surface area contributed by atoms with Crippen LogP contribution < -0.4 is 33.6 Å². The number of amides is 4. The molecule has 16 nitrogen and oxygen atoms in total. The standard InChI is InChI=1S/C20H34N8O8/c21-10(5-6-15(30)31)16(32)26-11(3-1-7-25-20(23)24)17(33)27-12(9-14(22)29)18(34)28-8-2-4-13(28)19(35)36/h10-13H,1-9,21H2,(H2,22,29)(H,26,32)(H,27,33)(H,30,31)(H,35,36)(H4,23,24,25). The van der Waals surface area contributed by atoms with Gasteiger partial charge in [-0.2, -0.15) is 0 Å². The molecule has 4 amide bonds. The SMILES string of the molecule is NC(=O)CC(NC(=O)C(CCCN=C(N)N)NC(=O)C(N)CCC(=O)O)C(=O)N1CCCC1C(=O)O. The van der Waals surface area contributed by atoms with Gasteiger partial charge < -0.3 is 48.7 Å². The van der Waals surface area contributed by atoms with Gasteiger partial charge in [-0.15, -0.1) is 0 Å². The van der Waals surface area contributed by atoms with Crippen LogP contribution in [0.25, 0.3) is 0 Å². The highest BCUT2D eigenvalue weighted by Gasteiger charge is 2.39. The van der Waals surface area contributed by atoms with E-state index in [9.17, 15) is 33.9 Å². The van der Waals surface area contributed by atoms with Crippen molar-refractivity contribution in [2.45, 2.75) is 69.1 Å². The molecule has 12 N–H and O–H groups in total. The molecule has 0 aromatic heterocycles. The molecule has 1 aliphatic heterocycles. The van der Waals surface area contributed by atoms with Crippen molar-refractivity contribution >= 4 is 41.5 Å². The number of nitrogens with one attached hydrogen (secondary N) is 2. The van der Waals surface area contributed by atoms with E-state index in [0.29, 0.717) is 6.42 Å². The Balaban J connectivity index is 3.02. The molecule has 0 radical (unpaired) electrons. The Morgan fingerprint density at radius 3 is 2.17 bits per heavy atom. The average molecular weight is 515 g/mol. The quantitative estimate of drug-likeness (QED) is 0.0594. The fraction of sp³-hybridized carbons (Fsp3) is 0.650. The van der Waals surface area contributed by atoms with Gasteiger partial charge in [-0.3, -0.25) is 29.0 Å². The molecular formula is C20H34N8O8. The van der Waals surface area contributed by atoms with Gasteiger partial charge >= 0.3 is 11.9 Å². The highest BCUT2D eigenvalue weighted by molar-refractivity contribution is 5.96. The van der Waals surface area contributed by atoms with E-state index < -0.39 is 66.2 Å². The fourth-order valence-electron chi connectivity index (χ4n) is 3.62. The second kappa shape index (κ2) is 14.4. The summed E-state index contributed by atoms with van der Waals surface area (Å²) < 4.78 is 0. The highest BCUT2D eigenvalue weighted by Crippen LogP contribution is 2.19. The molecule has 1 heterocycles. The lowest BCUT2D eigenvalue weighted by Gasteiger charge is -2.28. The maximum atomic E-state index is 13.0. The molecule has 202 valence electrons. The molecule has 4 unspecified atom stereocenters. The van der Waals surface area contributed by atoms with Crippen LogP contribution in [-0.4, -0.2) is 93.9 Å². The first kappa shape index (κ1) is 30.1. The van der Waals surface area contributed by atoms with Crippen LogP contribution in [0.4, 0.5) is 0 Å². The van der Waals surface area contributed by atoms with Crippen LogP contribution in [0.1, 0.15) is 44.9 Å². The molecule has 4 atom stereocenters. The van der Waals surface area contributed by atoms with Crippen LogP contribution in [0.5, 0.6) is 0 Å². The fourth-order valence-corrected chi connectivity index (χ4v) is 3.62. The van der Waals surface area contributed by atoms with Gasteiger partial charge in [0.15, 0.2) is 5.96 Å². The van der Waals surface area contributed by atoms with Gasteiger partial charge in [0.1, 0.15) is 18.1 Å². The lowest BCUT2D eigenvalue weighted by atomic mass is 10.1. The minimum absolute atomic E-state index is 0.00104. The minimum Gasteiger partial charge on any atom is -0.481 e. The van der Waals surface area contributed by atoms with Crippen LogP contribution in [0.2, 0.25) is 0 Å². The zero-order valence-corrected chi connectivity index (χ0v) is 19.7. The molecule has 1 saturated heterocycles. The van der Waals surface area contributed by atoms with Crippen molar-refractivity contribution in [3.8, 4) is 0 Å². The number of carboxylic acid groups (broad SMARTS) is 2. The van der Waals surface area contributed by atoms with E-state index in [2.05, 4.69) is 15.6 Å². The van der Waals surface area contributed by atoms with Crippen molar-refractivity contribution in [1.82, 2.24) is 15.5 Å². The molecule has 0 bridgehead atoms. The molecule has 1 rings (SSSR count). The Hall–Kier alpha value is -3.95. The smallest absolute Gasteiger partial charge is 0.326 e. The van der Waals surface area contributed by atoms with Crippen LogP contribution >= 0.6 is 0 Å². The second-order valence-corrected chi connectivity index (χ2v) is 8.31. The van der Waals surface area contributed by atoms with Crippen LogP contribution in [0, 0.1) is 0 Å². The normalized spacial score (nSPS) is 17.4. The molecule has 16 heteroatoms. The van der Waals surface area contributed by atoms with E-state index in [1.165, 1.54) is 0 Å². The summed E-state index contributed by atoms with van der Waals surface area (Å²) in [5.41, 5.74) is 21.5. The number of rotatable bonds is 15. The van der Waals surface area contributed by atoms with E-state index >= 15 is 0 Å². The lowest BCUT2D eigenvalue weighted by Crippen LogP contribution is -2.57. The van der Waals surface area contributed by atoms with Gasteiger partial charge in [0, 0.05) is 19.5 Å². The number of hydrogen-bond donors (Lipinski definition) is 8. The van der Waals surface area contributed by atoms with Crippen molar-refractivity contribution in [3.05, 3.63) is 0 Å². The zero-order chi connectivity index (χ0) is 27.4. The number of hydrogen-bond acceptors (Lipinski definition) is 8. The van der Waals surface area contributed by atoms with Crippen molar-refractivity contribution in [2.75, 3.05) is 13.1 Å². The first-order valence-corrected chi connectivity index (χ1v) is 11.3. The summed E-state index contributed by atoms with van der Waals surface area (Å²) in [6.45, 7) is 0.239. The van der Waals surface area contributed by atoms with Gasteiger partial charge in [0.2, 0.25) is 23.6 Å². The molecule has 1 aliphatic rings. The number of carbonyl (C=O) groups excluding carboxylic acids is 4. The van der Waals surface area contributed by atoms with Crippen LogP contribution in [0.3, 0.4) is 0 Å². The van der Waals surface area contributed by atoms with E-state index in [0.717, 1.165) is 4.90 Å². The summed E-state index contributed by atoms with van der Waals surface area (Å²) >= 11 is 0. The maximum absolute atomic E-state index is 13.0. The number of carboxylic acids is 2. The minimum atomic E-state index is -1.47. The van der Waals surface area contributed by atoms with Gasteiger partial charge in [0.05, 0.1) is 12.5 Å². The van der Waals surface area contributed by atoms with Gasteiger partial charge in [-0.1, -0.05) is 0 Å². The number of likely N-dealkylation sites (tertiary alicyclic amines) is 1. The monoisotopic (exact) mass is 514 g/mol. The number of primary amides is 1. The van der Waals surface area contributed by atoms with E-state index in [-0.39, 0.29) is 51.2 Å². The number of nitrogens with two attached hydrogens (primary N) is 4. The first-order valence-electron chi connectivity index (χ1n) is 11.3. The predicted octanol–water partition coefficient (Wildman–Crippen LogP) is -3.85. The largest absolute Gasteiger partial charge is 0.481 e. The molecule has 36 heavy (non-hydrogen) atoms. The van der Waals surface area contributed by atoms with Crippen molar-refractivity contribution in [2.24, 2.45) is 27.9 Å². The number of carbonyl (C=O) groups is 6. The van der Waals surface area contributed by atoms with Gasteiger partial charge in [-0.25, -0.2) is 4.79 Å². The highest BCUT2D eigenvalue weighted by atomic mass is 16.4. The summed E-state index contributed by atoms with van der Waals surface area (Å²) in [4.78, 5) is 77.1. The number of aliphatic imine (C=N–C) groups is 1. The molecule has 0 saturated carbocycles. The van der Waals surface area contributed by atoms with E-state index in [1.807, 2.05) is 0 Å².